The zero-order valence-corrected chi connectivity index (χ0v) is 19.0. The molecule has 0 radical (unpaired) electrons. The highest BCUT2D eigenvalue weighted by Gasteiger charge is 2.16. The molecule has 1 aliphatic rings. The van der Waals surface area contributed by atoms with E-state index in [1.165, 1.54) is 11.8 Å². The van der Waals surface area contributed by atoms with Crippen molar-refractivity contribution in [3.8, 4) is 11.5 Å². The Kier molecular flexibility index (Phi) is 7.41. The second-order valence-corrected chi connectivity index (χ2v) is 8.22. The smallest absolute Gasteiger partial charge is 0.234 e. The van der Waals surface area contributed by atoms with Gasteiger partial charge in [0.15, 0.2) is 0 Å². The van der Waals surface area contributed by atoms with Gasteiger partial charge >= 0.3 is 0 Å². The molecule has 1 aromatic heterocycles. The summed E-state index contributed by atoms with van der Waals surface area (Å²) in [5.41, 5.74) is 1.45. The Bertz CT molecular complexity index is 1090. The molecular formula is C23H26N4O4S. The van der Waals surface area contributed by atoms with Crippen molar-refractivity contribution in [3.05, 3.63) is 48.3 Å². The van der Waals surface area contributed by atoms with E-state index in [-0.39, 0.29) is 11.7 Å². The summed E-state index contributed by atoms with van der Waals surface area (Å²) in [5.74, 6) is 2.02. The van der Waals surface area contributed by atoms with Gasteiger partial charge in [-0.05, 0) is 18.2 Å². The van der Waals surface area contributed by atoms with E-state index >= 15 is 0 Å². The Balaban J connectivity index is 1.49. The van der Waals surface area contributed by atoms with Crippen LogP contribution < -0.4 is 14.8 Å². The number of rotatable bonds is 8. The molecular weight excluding hydrogens is 428 g/mol. The number of anilines is 1. The number of carbonyl (C=O) groups is 1. The first kappa shape index (κ1) is 22.3. The monoisotopic (exact) mass is 454 g/mol. The Labute approximate surface area is 191 Å². The highest BCUT2D eigenvalue weighted by atomic mass is 32.2. The second kappa shape index (κ2) is 10.6. The van der Waals surface area contributed by atoms with Crippen LogP contribution in [0.2, 0.25) is 0 Å². The molecule has 32 heavy (non-hydrogen) atoms. The van der Waals surface area contributed by atoms with Gasteiger partial charge in [0, 0.05) is 24.5 Å². The van der Waals surface area contributed by atoms with Crippen molar-refractivity contribution < 1.29 is 19.0 Å². The van der Waals surface area contributed by atoms with Crippen LogP contribution in [-0.2, 0) is 16.1 Å². The number of para-hydroxylation sites is 1. The Hall–Kier alpha value is -2.88. The fourth-order valence-electron chi connectivity index (χ4n) is 3.47. The van der Waals surface area contributed by atoms with E-state index in [0.717, 1.165) is 48.1 Å². The maximum Gasteiger partial charge on any atom is 0.234 e. The lowest BCUT2D eigenvalue weighted by Gasteiger charge is -2.25. The van der Waals surface area contributed by atoms with Crippen LogP contribution >= 0.6 is 11.8 Å². The fraction of sp³-hybridized carbons (Fsp3) is 0.348. The summed E-state index contributed by atoms with van der Waals surface area (Å²) in [6.07, 6.45) is 0. The predicted molar refractivity (Wildman–Crippen MR) is 125 cm³/mol. The van der Waals surface area contributed by atoms with Crippen molar-refractivity contribution in [2.45, 2.75) is 11.6 Å². The lowest BCUT2D eigenvalue weighted by atomic mass is 10.2. The minimum Gasteiger partial charge on any atom is -0.497 e. The van der Waals surface area contributed by atoms with Gasteiger partial charge in [-0.1, -0.05) is 30.0 Å². The molecule has 0 saturated carbocycles. The van der Waals surface area contributed by atoms with Crippen molar-refractivity contribution in [3.63, 3.8) is 0 Å². The molecule has 2 heterocycles. The summed E-state index contributed by atoms with van der Waals surface area (Å²) < 4.78 is 16.0. The molecule has 0 spiro atoms. The summed E-state index contributed by atoms with van der Waals surface area (Å²) in [6, 6.07) is 13.2. The molecule has 0 unspecified atom stereocenters. The van der Waals surface area contributed by atoms with Crippen molar-refractivity contribution in [2.75, 3.05) is 51.6 Å². The van der Waals surface area contributed by atoms with E-state index < -0.39 is 0 Å². The SMILES string of the molecule is COc1ccc(OC)c(NC(=O)CSc2nc(CN3CCOCC3)nc3ccccc23)c1. The topological polar surface area (TPSA) is 85.8 Å². The average molecular weight is 455 g/mol. The molecule has 2 aromatic carbocycles. The molecule has 3 aromatic rings. The number of nitrogens with zero attached hydrogens (tertiary/aromatic N) is 3. The van der Waals surface area contributed by atoms with E-state index in [0.29, 0.717) is 23.7 Å². The summed E-state index contributed by atoms with van der Waals surface area (Å²) >= 11 is 1.40. The molecule has 4 rings (SSSR count). The number of aromatic nitrogens is 2. The number of hydrogen-bond donors (Lipinski definition) is 1. The number of hydrogen-bond acceptors (Lipinski definition) is 8. The van der Waals surface area contributed by atoms with Crippen molar-refractivity contribution >= 4 is 34.3 Å². The number of amides is 1. The van der Waals surface area contributed by atoms with Crippen LogP contribution in [0.25, 0.3) is 10.9 Å². The summed E-state index contributed by atoms with van der Waals surface area (Å²) in [5, 5.41) is 4.64. The maximum atomic E-state index is 12.7. The van der Waals surface area contributed by atoms with Gasteiger partial charge in [0.1, 0.15) is 22.3 Å². The van der Waals surface area contributed by atoms with Crippen LogP contribution in [0.1, 0.15) is 5.82 Å². The number of nitrogens with one attached hydrogen (secondary N) is 1. The van der Waals surface area contributed by atoms with Gasteiger partial charge in [-0.15, -0.1) is 0 Å². The van der Waals surface area contributed by atoms with Crippen molar-refractivity contribution in [1.29, 1.82) is 0 Å². The molecule has 0 bridgehead atoms. The molecule has 168 valence electrons. The van der Waals surface area contributed by atoms with Gasteiger partial charge in [-0.2, -0.15) is 0 Å². The zero-order valence-electron chi connectivity index (χ0n) is 18.2. The molecule has 1 amide bonds. The van der Waals surface area contributed by atoms with Gasteiger partial charge in [-0.3, -0.25) is 9.69 Å². The van der Waals surface area contributed by atoms with Crippen molar-refractivity contribution in [2.24, 2.45) is 0 Å². The third-order valence-electron chi connectivity index (χ3n) is 5.10. The van der Waals surface area contributed by atoms with Crippen LogP contribution in [0.3, 0.4) is 0 Å². The standard InChI is InChI=1S/C23H26N4O4S/c1-29-16-7-8-20(30-2)19(13-16)25-22(28)15-32-23-17-5-3-4-6-18(17)24-21(26-23)14-27-9-11-31-12-10-27/h3-8,13H,9-12,14-15H2,1-2H3,(H,25,28). The first-order valence-electron chi connectivity index (χ1n) is 10.4. The molecule has 0 atom stereocenters. The van der Waals surface area contributed by atoms with E-state index in [1.54, 1.807) is 32.4 Å². The molecule has 1 saturated heterocycles. The second-order valence-electron chi connectivity index (χ2n) is 7.25. The quantitative estimate of drug-likeness (QED) is 0.410. The number of fused-ring (bicyclic) bond motifs is 1. The van der Waals surface area contributed by atoms with Gasteiger partial charge in [-0.25, -0.2) is 9.97 Å². The van der Waals surface area contributed by atoms with Gasteiger partial charge in [0.25, 0.3) is 0 Å². The van der Waals surface area contributed by atoms with Gasteiger partial charge in [0.2, 0.25) is 5.91 Å². The minimum absolute atomic E-state index is 0.154. The first-order valence-corrected chi connectivity index (χ1v) is 11.4. The number of carbonyl (C=O) groups excluding carboxylic acids is 1. The largest absolute Gasteiger partial charge is 0.497 e. The van der Waals surface area contributed by atoms with Crippen LogP contribution in [0.15, 0.2) is 47.5 Å². The summed E-state index contributed by atoms with van der Waals surface area (Å²) in [4.78, 5) is 24.5. The van der Waals surface area contributed by atoms with Crippen LogP contribution in [0.5, 0.6) is 11.5 Å². The molecule has 0 aliphatic carbocycles. The number of methoxy groups -OCH3 is 2. The van der Waals surface area contributed by atoms with E-state index in [2.05, 4.69) is 10.2 Å². The molecule has 8 nitrogen and oxygen atoms in total. The first-order chi connectivity index (χ1) is 15.7. The zero-order chi connectivity index (χ0) is 22.3. The van der Waals surface area contributed by atoms with Crippen LogP contribution in [0, 0.1) is 0 Å². The van der Waals surface area contributed by atoms with E-state index in [1.807, 2.05) is 24.3 Å². The van der Waals surface area contributed by atoms with E-state index in [4.69, 9.17) is 24.2 Å². The minimum atomic E-state index is -0.154. The number of ether oxygens (including phenoxy) is 3. The van der Waals surface area contributed by atoms with Crippen molar-refractivity contribution in [1.82, 2.24) is 14.9 Å². The third kappa shape index (κ3) is 5.48. The fourth-order valence-corrected chi connectivity index (χ4v) is 4.30. The Morgan fingerprint density at radius 3 is 2.72 bits per heavy atom. The lowest BCUT2D eigenvalue weighted by Crippen LogP contribution is -2.36. The Morgan fingerprint density at radius 1 is 1.12 bits per heavy atom. The molecule has 9 heteroatoms. The van der Waals surface area contributed by atoms with Gasteiger partial charge < -0.3 is 19.5 Å². The molecule has 1 fully saturated rings. The average Bonchev–Trinajstić information content (AvgIpc) is 2.83. The highest BCUT2D eigenvalue weighted by Crippen LogP contribution is 2.30. The summed E-state index contributed by atoms with van der Waals surface area (Å²) in [7, 11) is 3.15. The summed E-state index contributed by atoms with van der Waals surface area (Å²) in [6.45, 7) is 3.84. The third-order valence-corrected chi connectivity index (χ3v) is 6.10. The van der Waals surface area contributed by atoms with Crippen LogP contribution in [0.4, 0.5) is 5.69 Å². The Morgan fingerprint density at radius 2 is 1.94 bits per heavy atom. The normalized spacial score (nSPS) is 14.3. The maximum absolute atomic E-state index is 12.7. The number of benzene rings is 2. The van der Waals surface area contributed by atoms with Crippen LogP contribution in [-0.4, -0.2) is 67.1 Å². The highest BCUT2D eigenvalue weighted by molar-refractivity contribution is 8.00. The number of thioether (sulfide) groups is 1. The lowest BCUT2D eigenvalue weighted by molar-refractivity contribution is -0.113. The number of morpholine rings is 1. The molecule has 1 aliphatic heterocycles. The predicted octanol–water partition coefficient (Wildman–Crippen LogP) is 3.21. The molecule has 1 N–H and O–H groups in total. The van der Waals surface area contributed by atoms with Gasteiger partial charge in [0.05, 0.1) is 50.9 Å². The van der Waals surface area contributed by atoms with E-state index in [9.17, 15) is 4.79 Å².